The van der Waals surface area contributed by atoms with E-state index in [9.17, 15) is 4.79 Å². The molecule has 134 valence electrons. The SMILES string of the molecule is O=c1nc(N2CCOCC2)oc2ccc3cc(-c4ccccc4)ccc3c12. The van der Waals surface area contributed by atoms with E-state index in [0.29, 0.717) is 43.3 Å². The van der Waals surface area contributed by atoms with Crippen LogP contribution in [0.5, 0.6) is 0 Å². The smallest absolute Gasteiger partial charge is 0.301 e. The molecule has 0 saturated carbocycles. The lowest BCUT2D eigenvalue weighted by molar-refractivity contribution is 0.120. The van der Waals surface area contributed by atoms with Crippen LogP contribution in [0.1, 0.15) is 0 Å². The van der Waals surface area contributed by atoms with E-state index in [1.165, 1.54) is 0 Å². The number of rotatable bonds is 2. The van der Waals surface area contributed by atoms with Crippen LogP contribution in [-0.4, -0.2) is 31.3 Å². The second-order valence-corrected chi connectivity index (χ2v) is 6.64. The van der Waals surface area contributed by atoms with Gasteiger partial charge in [0, 0.05) is 13.1 Å². The Labute approximate surface area is 155 Å². The van der Waals surface area contributed by atoms with Crippen molar-refractivity contribution in [1.82, 2.24) is 4.98 Å². The van der Waals surface area contributed by atoms with Gasteiger partial charge in [-0.05, 0) is 34.0 Å². The van der Waals surface area contributed by atoms with Gasteiger partial charge < -0.3 is 14.1 Å². The molecule has 0 aliphatic carbocycles. The minimum absolute atomic E-state index is 0.254. The number of hydrogen-bond acceptors (Lipinski definition) is 5. The van der Waals surface area contributed by atoms with Crippen molar-refractivity contribution in [2.75, 3.05) is 31.2 Å². The van der Waals surface area contributed by atoms with Gasteiger partial charge in [0.1, 0.15) is 5.58 Å². The molecular formula is C22H18N2O3. The van der Waals surface area contributed by atoms with Crippen molar-refractivity contribution in [3.63, 3.8) is 0 Å². The van der Waals surface area contributed by atoms with Crippen LogP contribution in [0.3, 0.4) is 0 Å². The van der Waals surface area contributed by atoms with Gasteiger partial charge >= 0.3 is 6.01 Å². The Morgan fingerprint density at radius 1 is 0.889 bits per heavy atom. The van der Waals surface area contributed by atoms with E-state index in [1.54, 1.807) is 0 Å². The molecule has 1 aliphatic rings. The zero-order chi connectivity index (χ0) is 18.2. The van der Waals surface area contributed by atoms with Gasteiger partial charge in [-0.15, -0.1) is 0 Å². The molecule has 0 unspecified atom stereocenters. The third-order valence-corrected chi connectivity index (χ3v) is 4.98. The van der Waals surface area contributed by atoms with E-state index in [-0.39, 0.29) is 5.56 Å². The lowest BCUT2D eigenvalue weighted by Crippen LogP contribution is -2.37. The van der Waals surface area contributed by atoms with Crippen molar-refractivity contribution in [3.8, 4) is 11.1 Å². The topological polar surface area (TPSA) is 55.6 Å². The van der Waals surface area contributed by atoms with E-state index >= 15 is 0 Å². The van der Waals surface area contributed by atoms with Crippen LogP contribution in [-0.2, 0) is 4.74 Å². The van der Waals surface area contributed by atoms with E-state index in [0.717, 1.165) is 21.9 Å². The Bertz CT molecular complexity index is 1180. The first-order valence-electron chi connectivity index (χ1n) is 9.05. The lowest BCUT2D eigenvalue weighted by atomic mass is 9.99. The molecule has 0 radical (unpaired) electrons. The maximum absolute atomic E-state index is 12.8. The molecule has 5 rings (SSSR count). The number of ether oxygens (including phenoxy) is 1. The molecule has 27 heavy (non-hydrogen) atoms. The summed E-state index contributed by atoms with van der Waals surface area (Å²) < 4.78 is 11.3. The minimum Gasteiger partial charge on any atom is -0.425 e. The quantitative estimate of drug-likeness (QED) is 0.510. The molecule has 3 aromatic carbocycles. The Morgan fingerprint density at radius 3 is 2.52 bits per heavy atom. The van der Waals surface area contributed by atoms with Crippen LogP contribution in [0.4, 0.5) is 6.01 Å². The number of nitrogens with zero attached hydrogens (tertiary/aromatic N) is 2. The molecule has 0 bridgehead atoms. The predicted octanol–water partition coefficient (Wildman–Crippen LogP) is 3.84. The van der Waals surface area contributed by atoms with Crippen LogP contribution >= 0.6 is 0 Å². The number of benzene rings is 3. The average molecular weight is 358 g/mol. The molecule has 0 amide bonds. The second-order valence-electron chi connectivity index (χ2n) is 6.64. The van der Waals surface area contributed by atoms with E-state index in [4.69, 9.17) is 9.15 Å². The van der Waals surface area contributed by atoms with Crippen molar-refractivity contribution in [2.45, 2.75) is 0 Å². The van der Waals surface area contributed by atoms with Gasteiger partial charge in [-0.2, -0.15) is 4.98 Å². The third-order valence-electron chi connectivity index (χ3n) is 4.98. The fourth-order valence-electron chi connectivity index (χ4n) is 3.58. The molecule has 1 aliphatic heterocycles. The summed E-state index contributed by atoms with van der Waals surface area (Å²) in [7, 11) is 0. The van der Waals surface area contributed by atoms with Crippen LogP contribution in [0, 0.1) is 0 Å². The average Bonchev–Trinajstić information content (AvgIpc) is 2.74. The van der Waals surface area contributed by atoms with Crippen LogP contribution < -0.4 is 10.5 Å². The maximum Gasteiger partial charge on any atom is 0.301 e. The second kappa shape index (κ2) is 6.52. The summed E-state index contributed by atoms with van der Waals surface area (Å²) in [6.07, 6.45) is 0. The number of anilines is 1. The van der Waals surface area contributed by atoms with Gasteiger partial charge in [-0.3, -0.25) is 4.79 Å². The summed E-state index contributed by atoms with van der Waals surface area (Å²) in [4.78, 5) is 18.9. The Hall–Kier alpha value is -3.18. The van der Waals surface area contributed by atoms with Crippen molar-refractivity contribution < 1.29 is 9.15 Å². The first kappa shape index (κ1) is 16.0. The zero-order valence-corrected chi connectivity index (χ0v) is 14.7. The largest absolute Gasteiger partial charge is 0.425 e. The number of morpholine rings is 1. The lowest BCUT2D eigenvalue weighted by Gasteiger charge is -2.25. The van der Waals surface area contributed by atoms with Crippen LogP contribution in [0.25, 0.3) is 32.9 Å². The van der Waals surface area contributed by atoms with Gasteiger partial charge in [-0.25, -0.2) is 0 Å². The molecule has 4 aromatic rings. The van der Waals surface area contributed by atoms with E-state index in [1.807, 2.05) is 47.4 Å². The molecule has 0 atom stereocenters. The number of aromatic nitrogens is 1. The third kappa shape index (κ3) is 2.86. The molecule has 5 nitrogen and oxygen atoms in total. The monoisotopic (exact) mass is 358 g/mol. The fraction of sp³-hybridized carbons (Fsp3) is 0.182. The van der Waals surface area contributed by atoms with Gasteiger partial charge in [0.2, 0.25) is 0 Å². The Morgan fingerprint density at radius 2 is 1.70 bits per heavy atom. The van der Waals surface area contributed by atoms with Gasteiger partial charge in [-0.1, -0.05) is 48.5 Å². The molecule has 1 fully saturated rings. The predicted molar refractivity (Wildman–Crippen MR) is 106 cm³/mol. The normalized spacial score (nSPS) is 14.7. The summed E-state index contributed by atoms with van der Waals surface area (Å²) in [6, 6.07) is 20.5. The van der Waals surface area contributed by atoms with Crippen molar-refractivity contribution >= 4 is 27.8 Å². The number of hydrogen-bond donors (Lipinski definition) is 0. The standard InChI is InChI=1S/C22H18N2O3/c25-21-20-18-8-6-16(15-4-2-1-3-5-15)14-17(18)7-9-19(20)27-22(23-21)24-10-12-26-13-11-24/h1-9,14H,10-13H2. The maximum atomic E-state index is 12.8. The summed E-state index contributed by atoms with van der Waals surface area (Å²) in [5, 5.41) is 2.39. The first-order valence-corrected chi connectivity index (χ1v) is 9.05. The Balaban J connectivity index is 1.65. The van der Waals surface area contributed by atoms with Gasteiger partial charge in [0.05, 0.1) is 18.6 Å². The van der Waals surface area contributed by atoms with Gasteiger partial charge in [0.25, 0.3) is 5.56 Å². The summed E-state index contributed by atoms with van der Waals surface area (Å²) in [5.74, 6) is 0. The van der Waals surface area contributed by atoms with Crippen LogP contribution in [0.15, 0.2) is 69.9 Å². The van der Waals surface area contributed by atoms with Gasteiger partial charge in [0.15, 0.2) is 0 Å². The fourth-order valence-corrected chi connectivity index (χ4v) is 3.58. The van der Waals surface area contributed by atoms with Crippen molar-refractivity contribution in [3.05, 3.63) is 71.0 Å². The highest BCUT2D eigenvalue weighted by Gasteiger charge is 2.18. The molecule has 0 spiro atoms. The highest BCUT2D eigenvalue weighted by molar-refractivity contribution is 6.06. The molecular weight excluding hydrogens is 340 g/mol. The van der Waals surface area contributed by atoms with Crippen LogP contribution in [0.2, 0.25) is 0 Å². The minimum atomic E-state index is -0.254. The highest BCUT2D eigenvalue weighted by atomic mass is 16.5. The first-order chi connectivity index (χ1) is 13.3. The number of fused-ring (bicyclic) bond motifs is 3. The molecule has 2 heterocycles. The molecule has 1 saturated heterocycles. The molecule has 0 N–H and O–H groups in total. The summed E-state index contributed by atoms with van der Waals surface area (Å²) in [6.45, 7) is 2.58. The van der Waals surface area contributed by atoms with Crippen molar-refractivity contribution in [2.24, 2.45) is 0 Å². The van der Waals surface area contributed by atoms with E-state index < -0.39 is 0 Å². The summed E-state index contributed by atoms with van der Waals surface area (Å²) >= 11 is 0. The summed E-state index contributed by atoms with van der Waals surface area (Å²) in [5.41, 5.74) is 2.57. The van der Waals surface area contributed by atoms with Crippen molar-refractivity contribution in [1.29, 1.82) is 0 Å². The highest BCUT2D eigenvalue weighted by Crippen LogP contribution is 2.29. The molecule has 5 heteroatoms. The van der Waals surface area contributed by atoms with E-state index in [2.05, 4.69) is 23.2 Å². The Kier molecular flexibility index (Phi) is 3.87. The molecule has 1 aromatic heterocycles. The zero-order valence-electron chi connectivity index (χ0n) is 14.7.